The highest BCUT2D eigenvalue weighted by molar-refractivity contribution is 5.78. The fraction of sp³-hybridized carbons (Fsp3) is 0.609. The lowest BCUT2D eigenvalue weighted by Crippen LogP contribution is -2.32. The van der Waals surface area contributed by atoms with Gasteiger partial charge in [-0.25, -0.2) is 0 Å². The summed E-state index contributed by atoms with van der Waals surface area (Å²) in [6, 6.07) is 7.43. The molecule has 1 unspecified atom stereocenters. The molecule has 7 nitrogen and oxygen atoms in total. The van der Waals surface area contributed by atoms with Crippen LogP contribution in [0.5, 0.6) is 5.75 Å². The molecule has 0 bridgehead atoms. The normalized spacial score (nSPS) is 14.3. The number of benzene rings is 1. The molecule has 1 heterocycles. The van der Waals surface area contributed by atoms with E-state index < -0.39 is 0 Å². The first-order valence-corrected chi connectivity index (χ1v) is 11.0. The van der Waals surface area contributed by atoms with E-state index in [9.17, 15) is 14.4 Å². The van der Waals surface area contributed by atoms with Crippen LogP contribution in [0.3, 0.4) is 0 Å². The summed E-state index contributed by atoms with van der Waals surface area (Å²) in [6.45, 7) is 5.81. The van der Waals surface area contributed by atoms with E-state index in [2.05, 4.69) is 10.6 Å². The Hall–Kier alpha value is -2.57. The minimum atomic E-state index is -0.157. The third-order valence-electron chi connectivity index (χ3n) is 5.30. The van der Waals surface area contributed by atoms with Gasteiger partial charge < -0.3 is 20.3 Å². The second-order valence-corrected chi connectivity index (χ2v) is 7.74. The summed E-state index contributed by atoms with van der Waals surface area (Å²) in [5.41, 5.74) is 0.897. The van der Waals surface area contributed by atoms with E-state index in [0.29, 0.717) is 18.7 Å². The van der Waals surface area contributed by atoms with Crippen LogP contribution in [-0.4, -0.2) is 48.9 Å². The minimum Gasteiger partial charge on any atom is -0.483 e. The van der Waals surface area contributed by atoms with Gasteiger partial charge in [0.25, 0.3) is 5.91 Å². The minimum absolute atomic E-state index is 0.00400. The lowest BCUT2D eigenvalue weighted by Gasteiger charge is -2.21. The van der Waals surface area contributed by atoms with Gasteiger partial charge in [0.15, 0.2) is 6.61 Å². The van der Waals surface area contributed by atoms with Gasteiger partial charge in [-0.1, -0.05) is 31.5 Å². The standard InChI is InChI=1S/C23H35N3O4/c1-3-20(25-22(28)13-5-4-8-14-24-18(2)27)19-11-6-7-12-21(19)30-17-23(29)26-15-9-10-16-26/h6-7,11-12,20H,3-5,8-10,13-17H2,1-2H3,(H,24,27)(H,25,28). The van der Waals surface area contributed by atoms with Gasteiger partial charge in [-0.2, -0.15) is 0 Å². The van der Waals surface area contributed by atoms with E-state index in [1.165, 1.54) is 6.92 Å². The fourth-order valence-corrected chi connectivity index (χ4v) is 3.62. The number of para-hydroxylation sites is 1. The van der Waals surface area contributed by atoms with Gasteiger partial charge in [-0.15, -0.1) is 0 Å². The summed E-state index contributed by atoms with van der Waals surface area (Å²) < 4.78 is 5.84. The van der Waals surface area contributed by atoms with Crippen molar-refractivity contribution >= 4 is 17.7 Å². The monoisotopic (exact) mass is 417 g/mol. The first-order valence-electron chi connectivity index (χ1n) is 11.0. The Kier molecular flexibility index (Phi) is 10.2. The van der Waals surface area contributed by atoms with Crippen LogP contribution in [0.1, 0.15) is 70.4 Å². The molecule has 30 heavy (non-hydrogen) atoms. The Labute approximate surface area is 179 Å². The van der Waals surface area contributed by atoms with Crippen LogP contribution in [-0.2, 0) is 14.4 Å². The van der Waals surface area contributed by atoms with Gasteiger partial charge in [0.05, 0.1) is 6.04 Å². The number of unbranched alkanes of at least 4 members (excludes halogenated alkanes) is 2. The Morgan fingerprint density at radius 3 is 2.53 bits per heavy atom. The second-order valence-electron chi connectivity index (χ2n) is 7.74. The van der Waals surface area contributed by atoms with Crippen LogP contribution in [0, 0.1) is 0 Å². The van der Waals surface area contributed by atoms with Crippen LogP contribution >= 0.6 is 0 Å². The molecule has 1 aromatic rings. The molecule has 1 aliphatic rings. The Morgan fingerprint density at radius 1 is 1.10 bits per heavy atom. The number of carbonyl (C=O) groups is 3. The number of rotatable bonds is 12. The van der Waals surface area contributed by atoms with E-state index >= 15 is 0 Å². The van der Waals surface area contributed by atoms with Crippen molar-refractivity contribution in [2.45, 2.75) is 64.8 Å². The average molecular weight is 418 g/mol. The molecule has 0 radical (unpaired) electrons. The van der Waals surface area contributed by atoms with E-state index in [4.69, 9.17) is 4.74 Å². The maximum absolute atomic E-state index is 12.4. The fourth-order valence-electron chi connectivity index (χ4n) is 3.62. The van der Waals surface area contributed by atoms with Crippen molar-refractivity contribution in [2.75, 3.05) is 26.2 Å². The molecule has 0 saturated carbocycles. The summed E-state index contributed by atoms with van der Waals surface area (Å²) in [7, 11) is 0. The molecule has 3 amide bonds. The summed E-state index contributed by atoms with van der Waals surface area (Å²) >= 11 is 0. The quantitative estimate of drug-likeness (QED) is 0.512. The molecule has 0 aliphatic carbocycles. The zero-order valence-electron chi connectivity index (χ0n) is 18.2. The molecule has 1 aromatic carbocycles. The molecule has 0 aromatic heterocycles. The van der Waals surface area contributed by atoms with Crippen molar-refractivity contribution in [1.82, 2.24) is 15.5 Å². The highest BCUT2D eigenvalue weighted by atomic mass is 16.5. The van der Waals surface area contributed by atoms with Crippen molar-refractivity contribution in [2.24, 2.45) is 0 Å². The predicted octanol–water partition coefficient (Wildman–Crippen LogP) is 2.95. The molecule has 2 rings (SSSR count). The number of nitrogens with one attached hydrogen (secondary N) is 2. The van der Waals surface area contributed by atoms with Crippen molar-refractivity contribution in [3.8, 4) is 5.75 Å². The molecular formula is C23H35N3O4. The van der Waals surface area contributed by atoms with Crippen molar-refractivity contribution in [3.63, 3.8) is 0 Å². The van der Waals surface area contributed by atoms with Crippen LogP contribution in [0.15, 0.2) is 24.3 Å². The molecule has 1 aliphatic heterocycles. The maximum atomic E-state index is 12.4. The maximum Gasteiger partial charge on any atom is 0.260 e. The number of ether oxygens (including phenoxy) is 1. The van der Waals surface area contributed by atoms with E-state index in [1.807, 2.05) is 36.1 Å². The van der Waals surface area contributed by atoms with Crippen molar-refractivity contribution in [1.29, 1.82) is 0 Å². The SMILES string of the molecule is CCC(NC(=O)CCCCCNC(C)=O)c1ccccc1OCC(=O)N1CCCC1. The van der Waals surface area contributed by atoms with Gasteiger partial charge in [0.2, 0.25) is 11.8 Å². The van der Waals surface area contributed by atoms with Crippen LogP contribution in [0.2, 0.25) is 0 Å². The molecule has 0 spiro atoms. The summed E-state index contributed by atoms with van der Waals surface area (Å²) in [4.78, 5) is 37.4. The highest BCUT2D eigenvalue weighted by Crippen LogP contribution is 2.27. The molecule has 1 fully saturated rings. The number of hydrogen-bond acceptors (Lipinski definition) is 4. The van der Waals surface area contributed by atoms with Crippen molar-refractivity contribution < 1.29 is 19.1 Å². The summed E-state index contributed by atoms with van der Waals surface area (Å²) in [6.07, 6.45) is 5.83. The first kappa shape index (κ1) is 23.7. The molecule has 1 saturated heterocycles. The lowest BCUT2D eigenvalue weighted by molar-refractivity contribution is -0.132. The van der Waals surface area contributed by atoms with E-state index in [1.54, 1.807) is 0 Å². The van der Waals surface area contributed by atoms with Gasteiger partial charge >= 0.3 is 0 Å². The summed E-state index contributed by atoms with van der Waals surface area (Å²) in [5, 5.41) is 5.85. The molecule has 7 heteroatoms. The lowest BCUT2D eigenvalue weighted by atomic mass is 10.0. The zero-order valence-corrected chi connectivity index (χ0v) is 18.2. The summed E-state index contributed by atoms with van der Waals surface area (Å²) in [5.74, 6) is 0.636. The number of amides is 3. The topological polar surface area (TPSA) is 87.7 Å². The van der Waals surface area contributed by atoms with Gasteiger partial charge in [0.1, 0.15) is 5.75 Å². The van der Waals surface area contributed by atoms with E-state index in [-0.39, 0.29) is 30.4 Å². The first-order chi connectivity index (χ1) is 14.5. The molecule has 1 atom stereocenters. The number of likely N-dealkylation sites (tertiary alicyclic amines) is 1. The van der Waals surface area contributed by atoms with Gasteiger partial charge in [-0.05, 0) is 38.2 Å². The predicted molar refractivity (Wildman–Crippen MR) is 116 cm³/mol. The molecule has 166 valence electrons. The Morgan fingerprint density at radius 2 is 1.83 bits per heavy atom. The van der Waals surface area contributed by atoms with E-state index in [0.717, 1.165) is 57.2 Å². The van der Waals surface area contributed by atoms with Crippen LogP contribution in [0.25, 0.3) is 0 Å². The highest BCUT2D eigenvalue weighted by Gasteiger charge is 2.20. The second kappa shape index (κ2) is 12.9. The van der Waals surface area contributed by atoms with Crippen LogP contribution in [0.4, 0.5) is 0 Å². The average Bonchev–Trinajstić information content (AvgIpc) is 3.28. The van der Waals surface area contributed by atoms with Gasteiger partial charge in [-0.3, -0.25) is 14.4 Å². The Bertz CT molecular complexity index is 701. The molecule has 2 N–H and O–H groups in total. The smallest absolute Gasteiger partial charge is 0.260 e. The van der Waals surface area contributed by atoms with Crippen molar-refractivity contribution in [3.05, 3.63) is 29.8 Å². The zero-order chi connectivity index (χ0) is 21.8. The van der Waals surface area contributed by atoms with Gasteiger partial charge in [0, 0.05) is 38.5 Å². The number of carbonyl (C=O) groups excluding carboxylic acids is 3. The number of hydrogen-bond donors (Lipinski definition) is 2. The number of nitrogens with zero attached hydrogens (tertiary/aromatic N) is 1. The third-order valence-corrected chi connectivity index (χ3v) is 5.30. The van der Waals surface area contributed by atoms with Crippen LogP contribution < -0.4 is 15.4 Å². The Balaban J connectivity index is 1.82. The molecular weight excluding hydrogens is 382 g/mol. The third kappa shape index (κ3) is 8.05. The largest absolute Gasteiger partial charge is 0.483 e.